The summed E-state index contributed by atoms with van der Waals surface area (Å²) < 4.78 is 6.73. The van der Waals surface area contributed by atoms with Crippen molar-refractivity contribution in [3.05, 3.63) is 69.7 Å². The van der Waals surface area contributed by atoms with Gasteiger partial charge in [-0.1, -0.05) is 23.7 Å². The lowest BCUT2D eigenvalue weighted by Crippen LogP contribution is -2.31. The Kier molecular flexibility index (Phi) is 5.48. The van der Waals surface area contributed by atoms with Gasteiger partial charge >= 0.3 is 0 Å². The summed E-state index contributed by atoms with van der Waals surface area (Å²) in [6.07, 6.45) is 0. The summed E-state index contributed by atoms with van der Waals surface area (Å²) in [6.45, 7) is 3.24. The molecule has 0 saturated carbocycles. The van der Waals surface area contributed by atoms with E-state index in [1.807, 2.05) is 37.3 Å². The molecule has 0 spiro atoms. The summed E-state index contributed by atoms with van der Waals surface area (Å²) in [6, 6.07) is 14.4. The van der Waals surface area contributed by atoms with Crippen molar-refractivity contribution in [1.29, 1.82) is 0 Å². The van der Waals surface area contributed by atoms with Crippen molar-refractivity contribution in [2.24, 2.45) is 0 Å². The van der Waals surface area contributed by atoms with Gasteiger partial charge in [-0.2, -0.15) is 0 Å². The van der Waals surface area contributed by atoms with Crippen molar-refractivity contribution in [2.75, 3.05) is 20.3 Å². The highest BCUT2D eigenvalue weighted by Crippen LogP contribution is 2.19. The predicted molar refractivity (Wildman–Crippen MR) is 101 cm³/mol. The maximum absolute atomic E-state index is 13.1. The Morgan fingerprint density at radius 1 is 1.20 bits per heavy atom. The molecule has 0 aliphatic rings. The summed E-state index contributed by atoms with van der Waals surface area (Å²) in [5.41, 5.74) is 1.33. The van der Waals surface area contributed by atoms with Crippen LogP contribution in [0.15, 0.2) is 53.3 Å². The first-order valence-electron chi connectivity index (χ1n) is 8.12. The second-order valence-corrected chi connectivity index (χ2v) is 6.21. The average Bonchev–Trinajstić information content (AvgIpc) is 2.63. The lowest BCUT2D eigenvalue weighted by atomic mass is 10.2. The molecule has 130 valence electrons. The van der Waals surface area contributed by atoms with Crippen LogP contribution in [-0.4, -0.2) is 29.8 Å². The lowest BCUT2D eigenvalue weighted by molar-refractivity contribution is 0.196. The number of halogens is 1. The highest BCUT2D eigenvalue weighted by molar-refractivity contribution is 6.30. The maximum Gasteiger partial charge on any atom is 0.266 e. The highest BCUT2D eigenvalue weighted by Gasteiger charge is 2.17. The molecule has 1 aromatic heterocycles. The van der Waals surface area contributed by atoms with Crippen LogP contribution in [0.3, 0.4) is 0 Å². The topological polar surface area (TPSA) is 56.1 Å². The van der Waals surface area contributed by atoms with E-state index in [0.717, 1.165) is 5.69 Å². The minimum absolute atomic E-state index is 0.0942. The number of methoxy groups -OCH3 is 1. The average molecular weight is 358 g/mol. The van der Waals surface area contributed by atoms with Crippen molar-refractivity contribution in [1.82, 2.24) is 14.9 Å². The molecule has 1 unspecified atom stereocenters. The van der Waals surface area contributed by atoms with Crippen molar-refractivity contribution in [2.45, 2.75) is 13.0 Å². The fourth-order valence-electron chi connectivity index (χ4n) is 2.75. The van der Waals surface area contributed by atoms with Crippen molar-refractivity contribution in [3.8, 4) is 5.69 Å². The van der Waals surface area contributed by atoms with E-state index in [1.54, 1.807) is 29.9 Å². The molecule has 0 fully saturated rings. The zero-order chi connectivity index (χ0) is 17.8. The summed E-state index contributed by atoms with van der Waals surface area (Å²) in [5, 5.41) is 4.55. The zero-order valence-corrected chi connectivity index (χ0v) is 15.0. The van der Waals surface area contributed by atoms with Crippen LogP contribution in [0.25, 0.3) is 16.6 Å². The Labute approximate surface area is 151 Å². The number of nitrogens with one attached hydrogen (secondary N) is 1. The van der Waals surface area contributed by atoms with Gasteiger partial charge in [-0.15, -0.1) is 0 Å². The van der Waals surface area contributed by atoms with Crippen LogP contribution < -0.4 is 10.9 Å². The predicted octanol–water partition coefficient (Wildman–Crippen LogP) is 3.34. The molecule has 2 aromatic carbocycles. The molecule has 1 atom stereocenters. The van der Waals surface area contributed by atoms with Gasteiger partial charge in [0.1, 0.15) is 5.82 Å². The fourth-order valence-corrected chi connectivity index (χ4v) is 2.87. The number of aromatic nitrogens is 2. The number of hydrogen-bond donors (Lipinski definition) is 1. The molecule has 0 radical (unpaired) electrons. The second kappa shape index (κ2) is 7.78. The van der Waals surface area contributed by atoms with Gasteiger partial charge < -0.3 is 10.1 Å². The van der Waals surface area contributed by atoms with E-state index < -0.39 is 0 Å². The van der Waals surface area contributed by atoms with Crippen LogP contribution in [0.2, 0.25) is 5.02 Å². The van der Waals surface area contributed by atoms with Crippen LogP contribution in [0.5, 0.6) is 0 Å². The summed E-state index contributed by atoms with van der Waals surface area (Å²) in [5.74, 6) is 0.655. The van der Waals surface area contributed by atoms with Gasteiger partial charge in [-0.25, -0.2) is 4.98 Å². The molecule has 6 heteroatoms. The zero-order valence-electron chi connectivity index (χ0n) is 14.2. The monoisotopic (exact) mass is 357 g/mol. The summed E-state index contributed by atoms with van der Waals surface area (Å²) >= 11 is 5.99. The maximum atomic E-state index is 13.1. The molecule has 0 aliphatic heterocycles. The van der Waals surface area contributed by atoms with Gasteiger partial charge in [0, 0.05) is 18.7 Å². The minimum atomic E-state index is -0.122. The van der Waals surface area contributed by atoms with E-state index in [4.69, 9.17) is 21.3 Å². The SMILES string of the molecule is COCCNC(C)c1nc2ccccc2c(=O)n1-c1ccc(Cl)cc1. The van der Waals surface area contributed by atoms with Gasteiger partial charge in [-0.3, -0.25) is 9.36 Å². The normalized spacial score (nSPS) is 12.4. The molecule has 0 saturated heterocycles. The molecule has 5 nitrogen and oxygen atoms in total. The number of hydrogen-bond acceptors (Lipinski definition) is 4. The molecule has 1 heterocycles. The van der Waals surface area contributed by atoms with E-state index in [2.05, 4.69) is 5.32 Å². The Balaban J connectivity index is 2.17. The second-order valence-electron chi connectivity index (χ2n) is 5.77. The van der Waals surface area contributed by atoms with Gasteiger partial charge in [0.2, 0.25) is 0 Å². The van der Waals surface area contributed by atoms with E-state index in [9.17, 15) is 4.79 Å². The third kappa shape index (κ3) is 3.74. The van der Waals surface area contributed by atoms with E-state index >= 15 is 0 Å². The minimum Gasteiger partial charge on any atom is -0.383 e. The number of rotatable bonds is 6. The molecule has 1 N–H and O–H groups in total. The number of fused-ring (bicyclic) bond motifs is 1. The highest BCUT2D eigenvalue weighted by atomic mass is 35.5. The first kappa shape index (κ1) is 17.6. The van der Waals surface area contributed by atoms with Crippen molar-refractivity contribution < 1.29 is 4.74 Å². The number of benzene rings is 2. The Morgan fingerprint density at radius 2 is 1.92 bits per heavy atom. The first-order valence-corrected chi connectivity index (χ1v) is 8.49. The molecular formula is C19H20ClN3O2. The third-order valence-electron chi connectivity index (χ3n) is 4.03. The Morgan fingerprint density at radius 3 is 2.64 bits per heavy atom. The van der Waals surface area contributed by atoms with Crippen molar-refractivity contribution in [3.63, 3.8) is 0 Å². The summed E-state index contributed by atoms with van der Waals surface area (Å²) in [7, 11) is 1.66. The molecule has 25 heavy (non-hydrogen) atoms. The number of para-hydroxylation sites is 1. The largest absolute Gasteiger partial charge is 0.383 e. The Bertz CT molecular complexity index is 922. The van der Waals surface area contributed by atoms with Crippen LogP contribution in [0, 0.1) is 0 Å². The Hall–Kier alpha value is -2.21. The number of nitrogens with zero attached hydrogens (tertiary/aromatic N) is 2. The smallest absolute Gasteiger partial charge is 0.266 e. The van der Waals surface area contributed by atoms with E-state index in [1.165, 1.54) is 0 Å². The molecular weight excluding hydrogens is 338 g/mol. The van der Waals surface area contributed by atoms with Crippen LogP contribution in [0.4, 0.5) is 0 Å². The molecule has 0 aliphatic carbocycles. The van der Waals surface area contributed by atoms with E-state index in [0.29, 0.717) is 34.9 Å². The van der Waals surface area contributed by atoms with Gasteiger partial charge in [-0.05, 0) is 43.3 Å². The van der Waals surface area contributed by atoms with Crippen LogP contribution in [-0.2, 0) is 4.74 Å². The lowest BCUT2D eigenvalue weighted by Gasteiger charge is -2.19. The molecule has 0 amide bonds. The molecule has 3 rings (SSSR count). The molecule has 0 bridgehead atoms. The van der Waals surface area contributed by atoms with Crippen molar-refractivity contribution >= 4 is 22.5 Å². The van der Waals surface area contributed by atoms with E-state index in [-0.39, 0.29) is 11.6 Å². The fraction of sp³-hybridized carbons (Fsp3) is 0.263. The first-order chi connectivity index (χ1) is 12.1. The quantitative estimate of drug-likeness (QED) is 0.687. The third-order valence-corrected chi connectivity index (χ3v) is 4.28. The summed E-state index contributed by atoms with van der Waals surface area (Å²) in [4.78, 5) is 17.8. The van der Waals surface area contributed by atoms with Crippen LogP contribution >= 0.6 is 11.6 Å². The standard InChI is InChI=1S/C19H20ClN3O2/c1-13(21-11-12-25-2)18-22-17-6-4-3-5-16(17)19(24)23(18)15-9-7-14(20)8-10-15/h3-10,13,21H,11-12H2,1-2H3. The van der Waals surface area contributed by atoms with Gasteiger partial charge in [0.05, 0.1) is 29.2 Å². The molecule has 3 aromatic rings. The van der Waals surface area contributed by atoms with Crippen LogP contribution in [0.1, 0.15) is 18.8 Å². The van der Waals surface area contributed by atoms with Gasteiger partial charge in [0.25, 0.3) is 5.56 Å². The number of ether oxygens (including phenoxy) is 1. The van der Waals surface area contributed by atoms with Gasteiger partial charge in [0.15, 0.2) is 0 Å².